The van der Waals surface area contributed by atoms with Crippen LogP contribution in [0.5, 0.6) is 17.2 Å². The molecule has 0 saturated carbocycles. The lowest BCUT2D eigenvalue weighted by Gasteiger charge is -2.37. The average molecular weight is 410 g/mol. The Bertz CT molecular complexity index is 917. The fourth-order valence-corrected chi connectivity index (χ4v) is 3.77. The van der Waals surface area contributed by atoms with E-state index in [9.17, 15) is 9.59 Å². The number of fused-ring (bicyclic) bond motifs is 1. The summed E-state index contributed by atoms with van der Waals surface area (Å²) >= 11 is 0. The molecule has 0 spiro atoms. The lowest BCUT2D eigenvalue weighted by atomic mass is 10.1. The Kier molecular flexibility index (Phi) is 5.79. The molecule has 158 valence electrons. The first kappa shape index (κ1) is 20.1. The topological polar surface area (TPSA) is 68.3 Å². The quantitative estimate of drug-likeness (QED) is 0.773. The SMILES string of the molecule is Cc1cccc(C)c1OCC(=O)N1CCN(C(=O)C2COc3ccccc3O2)CC1. The summed E-state index contributed by atoms with van der Waals surface area (Å²) in [4.78, 5) is 28.9. The Morgan fingerprint density at radius 1 is 0.933 bits per heavy atom. The number of nitrogens with zero attached hydrogens (tertiary/aromatic N) is 2. The number of carbonyl (C=O) groups is 2. The third kappa shape index (κ3) is 4.20. The summed E-state index contributed by atoms with van der Waals surface area (Å²) in [5.41, 5.74) is 2.02. The number of aryl methyl sites for hydroxylation is 2. The van der Waals surface area contributed by atoms with E-state index in [1.54, 1.807) is 15.9 Å². The highest BCUT2D eigenvalue weighted by molar-refractivity contribution is 5.83. The van der Waals surface area contributed by atoms with E-state index in [0.29, 0.717) is 37.7 Å². The van der Waals surface area contributed by atoms with Crippen molar-refractivity contribution in [1.29, 1.82) is 0 Å². The minimum absolute atomic E-state index is 0.00397. The van der Waals surface area contributed by atoms with E-state index in [4.69, 9.17) is 14.2 Å². The Morgan fingerprint density at radius 2 is 1.57 bits per heavy atom. The molecule has 0 N–H and O–H groups in total. The van der Waals surface area contributed by atoms with Crippen molar-refractivity contribution in [1.82, 2.24) is 9.80 Å². The zero-order valence-electron chi connectivity index (χ0n) is 17.3. The Morgan fingerprint density at radius 3 is 2.27 bits per heavy atom. The van der Waals surface area contributed by atoms with Crippen LogP contribution in [0.4, 0.5) is 0 Å². The number of rotatable bonds is 4. The van der Waals surface area contributed by atoms with Crippen LogP contribution in [0.15, 0.2) is 42.5 Å². The van der Waals surface area contributed by atoms with E-state index < -0.39 is 6.10 Å². The fourth-order valence-electron chi connectivity index (χ4n) is 3.77. The number of hydrogen-bond acceptors (Lipinski definition) is 5. The number of ether oxygens (including phenoxy) is 3. The van der Waals surface area contributed by atoms with Gasteiger partial charge in [-0.05, 0) is 37.1 Å². The van der Waals surface area contributed by atoms with E-state index in [1.165, 1.54) is 0 Å². The molecule has 4 rings (SSSR count). The number of carbonyl (C=O) groups excluding carboxylic acids is 2. The summed E-state index contributed by atoms with van der Waals surface area (Å²) in [6, 6.07) is 13.2. The molecule has 0 aliphatic carbocycles. The van der Waals surface area contributed by atoms with Crippen LogP contribution in [0.25, 0.3) is 0 Å². The largest absolute Gasteiger partial charge is 0.485 e. The van der Waals surface area contributed by atoms with E-state index in [-0.39, 0.29) is 25.0 Å². The summed E-state index contributed by atoms with van der Waals surface area (Å²) < 4.78 is 17.2. The normalized spacial score (nSPS) is 18.1. The minimum Gasteiger partial charge on any atom is -0.485 e. The second-order valence-electron chi connectivity index (χ2n) is 7.58. The van der Waals surface area contributed by atoms with Gasteiger partial charge in [-0.2, -0.15) is 0 Å². The first-order chi connectivity index (χ1) is 14.5. The Hall–Kier alpha value is -3.22. The lowest BCUT2D eigenvalue weighted by molar-refractivity contribution is -0.146. The van der Waals surface area contributed by atoms with Gasteiger partial charge in [0.05, 0.1) is 0 Å². The van der Waals surface area contributed by atoms with Gasteiger partial charge in [0.1, 0.15) is 12.4 Å². The molecule has 1 unspecified atom stereocenters. The van der Waals surface area contributed by atoms with Crippen molar-refractivity contribution in [2.75, 3.05) is 39.4 Å². The molecule has 1 fully saturated rings. The summed E-state index contributed by atoms with van der Waals surface area (Å²) in [5.74, 6) is 1.81. The fraction of sp³-hybridized carbons (Fsp3) is 0.391. The van der Waals surface area contributed by atoms with Crippen LogP contribution in [-0.2, 0) is 9.59 Å². The molecule has 2 aliphatic rings. The van der Waals surface area contributed by atoms with Crippen molar-refractivity contribution in [2.45, 2.75) is 20.0 Å². The molecular formula is C23H26N2O5. The first-order valence-corrected chi connectivity index (χ1v) is 10.2. The molecule has 2 aliphatic heterocycles. The first-order valence-electron chi connectivity index (χ1n) is 10.2. The minimum atomic E-state index is -0.658. The summed E-state index contributed by atoms with van der Waals surface area (Å²) in [5, 5.41) is 0. The third-order valence-corrected chi connectivity index (χ3v) is 5.48. The standard InChI is InChI=1S/C23H26N2O5/c1-16-6-5-7-17(2)22(16)29-15-21(26)24-10-12-25(13-11-24)23(27)20-14-28-18-8-3-4-9-19(18)30-20/h3-9,20H,10-15H2,1-2H3. The molecule has 0 radical (unpaired) electrons. The number of hydrogen-bond donors (Lipinski definition) is 0. The van der Waals surface area contributed by atoms with Crippen LogP contribution in [0.1, 0.15) is 11.1 Å². The zero-order valence-corrected chi connectivity index (χ0v) is 17.3. The van der Waals surface area contributed by atoms with Crippen molar-refractivity contribution >= 4 is 11.8 Å². The second-order valence-corrected chi connectivity index (χ2v) is 7.58. The predicted octanol–water partition coefficient (Wildman–Crippen LogP) is 2.19. The Labute approximate surface area is 176 Å². The lowest BCUT2D eigenvalue weighted by Crippen LogP contribution is -2.55. The number of para-hydroxylation sites is 3. The smallest absolute Gasteiger partial charge is 0.267 e. The molecule has 2 aromatic carbocycles. The molecule has 0 bridgehead atoms. The highest BCUT2D eigenvalue weighted by atomic mass is 16.6. The van der Waals surface area contributed by atoms with Crippen LogP contribution < -0.4 is 14.2 Å². The molecule has 2 aromatic rings. The van der Waals surface area contributed by atoms with Crippen molar-refractivity contribution in [2.24, 2.45) is 0 Å². The second kappa shape index (κ2) is 8.65. The van der Waals surface area contributed by atoms with Crippen molar-refractivity contribution in [3.8, 4) is 17.2 Å². The van der Waals surface area contributed by atoms with Crippen LogP contribution in [-0.4, -0.2) is 67.1 Å². The molecular weight excluding hydrogens is 384 g/mol. The maximum absolute atomic E-state index is 12.8. The molecule has 1 atom stereocenters. The highest BCUT2D eigenvalue weighted by Gasteiger charge is 2.33. The average Bonchev–Trinajstić information content (AvgIpc) is 2.78. The molecule has 1 saturated heterocycles. The maximum Gasteiger partial charge on any atom is 0.267 e. The van der Waals surface area contributed by atoms with Crippen molar-refractivity contribution < 1.29 is 23.8 Å². The van der Waals surface area contributed by atoms with Gasteiger partial charge in [0.15, 0.2) is 18.1 Å². The van der Waals surface area contributed by atoms with Crippen molar-refractivity contribution in [3.63, 3.8) is 0 Å². The summed E-state index contributed by atoms with van der Waals surface area (Å²) in [6.45, 7) is 6.01. The summed E-state index contributed by atoms with van der Waals surface area (Å²) in [6.07, 6.45) is -0.658. The van der Waals surface area contributed by atoms with Gasteiger partial charge < -0.3 is 24.0 Å². The van der Waals surface area contributed by atoms with E-state index in [1.807, 2.05) is 50.2 Å². The number of benzene rings is 2. The van der Waals surface area contributed by atoms with Gasteiger partial charge in [-0.3, -0.25) is 9.59 Å². The van der Waals surface area contributed by atoms with Gasteiger partial charge in [-0.25, -0.2) is 0 Å². The van der Waals surface area contributed by atoms with Gasteiger partial charge in [0, 0.05) is 26.2 Å². The van der Waals surface area contributed by atoms with Crippen molar-refractivity contribution in [3.05, 3.63) is 53.6 Å². The van der Waals surface area contributed by atoms with Crippen LogP contribution in [0.3, 0.4) is 0 Å². The molecule has 2 heterocycles. The molecule has 30 heavy (non-hydrogen) atoms. The third-order valence-electron chi connectivity index (χ3n) is 5.48. The van der Waals surface area contributed by atoms with E-state index in [2.05, 4.69) is 0 Å². The predicted molar refractivity (Wildman–Crippen MR) is 111 cm³/mol. The van der Waals surface area contributed by atoms with Gasteiger partial charge in [0.25, 0.3) is 11.8 Å². The van der Waals surface area contributed by atoms with Crippen LogP contribution in [0, 0.1) is 13.8 Å². The monoisotopic (exact) mass is 410 g/mol. The van der Waals surface area contributed by atoms with Gasteiger partial charge >= 0.3 is 0 Å². The van der Waals surface area contributed by atoms with E-state index in [0.717, 1.165) is 16.9 Å². The molecule has 7 nitrogen and oxygen atoms in total. The Balaban J connectivity index is 1.27. The number of piperazine rings is 1. The molecule has 0 aromatic heterocycles. The molecule has 7 heteroatoms. The zero-order chi connectivity index (χ0) is 21.1. The van der Waals surface area contributed by atoms with Gasteiger partial charge in [-0.1, -0.05) is 30.3 Å². The van der Waals surface area contributed by atoms with E-state index >= 15 is 0 Å². The molecule has 2 amide bonds. The summed E-state index contributed by atoms with van der Waals surface area (Å²) in [7, 11) is 0. The number of amides is 2. The van der Waals surface area contributed by atoms with Gasteiger partial charge in [-0.15, -0.1) is 0 Å². The van der Waals surface area contributed by atoms with Crippen LogP contribution in [0.2, 0.25) is 0 Å². The highest BCUT2D eigenvalue weighted by Crippen LogP contribution is 2.31. The van der Waals surface area contributed by atoms with Gasteiger partial charge in [0.2, 0.25) is 6.10 Å². The maximum atomic E-state index is 12.8. The van der Waals surface area contributed by atoms with Crippen LogP contribution >= 0.6 is 0 Å².